The molecule has 0 bridgehead atoms. The van der Waals surface area contributed by atoms with E-state index in [1.165, 1.54) is 13.0 Å². The van der Waals surface area contributed by atoms with Crippen LogP contribution in [0.25, 0.3) is 16.9 Å². The maximum absolute atomic E-state index is 11.0. The first kappa shape index (κ1) is 15.1. The molecule has 1 aromatic carbocycles. The Kier molecular flexibility index (Phi) is 3.99. The van der Waals surface area contributed by atoms with Gasteiger partial charge in [0.15, 0.2) is 0 Å². The summed E-state index contributed by atoms with van der Waals surface area (Å²) in [5, 5.41) is 17.5. The number of nitrogens with zero attached hydrogens (tertiary/aromatic N) is 3. The van der Waals surface area contributed by atoms with Crippen molar-refractivity contribution in [2.75, 3.05) is 5.32 Å². The lowest BCUT2D eigenvalue weighted by molar-refractivity contribution is -0.114. The molecule has 3 rings (SSSR count). The number of aromatic nitrogens is 3. The van der Waals surface area contributed by atoms with Crippen LogP contribution in [0.5, 0.6) is 5.75 Å². The molecule has 0 aliphatic carbocycles. The summed E-state index contributed by atoms with van der Waals surface area (Å²) in [6.45, 7) is 1.42. The van der Waals surface area contributed by atoms with Crippen LogP contribution < -0.4 is 5.32 Å². The van der Waals surface area contributed by atoms with Gasteiger partial charge in [0.1, 0.15) is 11.6 Å². The number of nitrogens with one attached hydrogen (secondary N) is 1. The molecule has 7 heteroatoms. The van der Waals surface area contributed by atoms with Crippen molar-refractivity contribution in [3.05, 3.63) is 53.8 Å². The van der Waals surface area contributed by atoms with Crippen LogP contribution in [0.2, 0.25) is 5.02 Å². The molecule has 116 valence electrons. The number of anilines is 1. The summed E-state index contributed by atoms with van der Waals surface area (Å²) in [7, 11) is 0. The topological polar surface area (TPSA) is 80.0 Å². The van der Waals surface area contributed by atoms with E-state index in [1.54, 1.807) is 47.4 Å². The quantitative estimate of drug-likeness (QED) is 0.773. The van der Waals surface area contributed by atoms with Crippen molar-refractivity contribution >= 4 is 23.3 Å². The minimum atomic E-state index is -0.178. The highest BCUT2D eigenvalue weighted by molar-refractivity contribution is 6.30. The second kappa shape index (κ2) is 6.10. The summed E-state index contributed by atoms with van der Waals surface area (Å²) >= 11 is 5.96. The predicted octanol–water partition coefficient (Wildman–Crippen LogP) is 3.25. The number of amides is 1. The number of carbonyl (C=O) groups excluding carboxylic acids is 1. The summed E-state index contributed by atoms with van der Waals surface area (Å²) in [6, 6.07) is 10.0. The zero-order valence-corrected chi connectivity index (χ0v) is 12.9. The monoisotopic (exact) mass is 328 g/mol. The first-order chi connectivity index (χ1) is 11.0. The number of aromatic hydroxyl groups is 1. The molecule has 2 N–H and O–H groups in total. The SMILES string of the molecule is CC(=O)Nc1ccc(-n2ccc(-c3cc(Cl)ccc3O)n2)cn1. The Bertz CT molecular complexity index is 859. The van der Waals surface area contributed by atoms with Crippen molar-refractivity contribution in [2.45, 2.75) is 6.92 Å². The summed E-state index contributed by atoms with van der Waals surface area (Å²) in [6.07, 6.45) is 3.35. The van der Waals surface area contributed by atoms with Crippen LogP contribution >= 0.6 is 11.6 Å². The number of carbonyl (C=O) groups is 1. The van der Waals surface area contributed by atoms with Crippen molar-refractivity contribution in [2.24, 2.45) is 0 Å². The van der Waals surface area contributed by atoms with Crippen LogP contribution in [0, 0.1) is 0 Å². The fourth-order valence-electron chi connectivity index (χ4n) is 2.10. The second-order valence-corrected chi connectivity index (χ2v) is 5.33. The number of rotatable bonds is 3. The van der Waals surface area contributed by atoms with E-state index in [9.17, 15) is 9.90 Å². The second-order valence-electron chi connectivity index (χ2n) is 4.89. The van der Waals surface area contributed by atoms with E-state index in [1.807, 2.05) is 0 Å². The summed E-state index contributed by atoms with van der Waals surface area (Å²) < 4.78 is 1.63. The van der Waals surface area contributed by atoms with Crippen LogP contribution in [0.15, 0.2) is 48.8 Å². The lowest BCUT2D eigenvalue weighted by Crippen LogP contribution is -2.07. The molecule has 6 nitrogen and oxygen atoms in total. The minimum absolute atomic E-state index is 0.110. The molecule has 0 saturated carbocycles. The molecule has 0 fully saturated rings. The molecule has 23 heavy (non-hydrogen) atoms. The fraction of sp³-hybridized carbons (Fsp3) is 0.0625. The first-order valence-corrected chi connectivity index (χ1v) is 7.19. The highest BCUT2D eigenvalue weighted by Gasteiger charge is 2.09. The third-order valence-electron chi connectivity index (χ3n) is 3.14. The number of phenols is 1. The average molecular weight is 329 g/mol. The van der Waals surface area contributed by atoms with E-state index in [-0.39, 0.29) is 11.7 Å². The zero-order valence-electron chi connectivity index (χ0n) is 12.2. The van der Waals surface area contributed by atoms with Gasteiger partial charge in [-0.05, 0) is 36.4 Å². The molecule has 0 radical (unpaired) electrons. The van der Waals surface area contributed by atoms with Crippen molar-refractivity contribution in [1.29, 1.82) is 0 Å². The molecule has 0 saturated heterocycles. The van der Waals surface area contributed by atoms with Crippen LogP contribution in [-0.4, -0.2) is 25.8 Å². The van der Waals surface area contributed by atoms with Gasteiger partial charge in [-0.2, -0.15) is 5.10 Å². The van der Waals surface area contributed by atoms with Crippen molar-refractivity contribution in [1.82, 2.24) is 14.8 Å². The highest BCUT2D eigenvalue weighted by atomic mass is 35.5. The molecule has 0 spiro atoms. The maximum Gasteiger partial charge on any atom is 0.222 e. The molecule has 2 aromatic heterocycles. The van der Waals surface area contributed by atoms with Gasteiger partial charge >= 0.3 is 0 Å². The Hall–Kier alpha value is -2.86. The summed E-state index contributed by atoms with van der Waals surface area (Å²) in [4.78, 5) is 15.1. The number of benzene rings is 1. The average Bonchev–Trinajstić information content (AvgIpc) is 2.99. The molecule has 0 unspecified atom stereocenters. The Morgan fingerprint density at radius 1 is 1.26 bits per heavy atom. The largest absolute Gasteiger partial charge is 0.507 e. The van der Waals surface area contributed by atoms with E-state index in [4.69, 9.17) is 11.6 Å². The van der Waals surface area contributed by atoms with Gasteiger partial charge in [-0.25, -0.2) is 9.67 Å². The van der Waals surface area contributed by atoms with Crippen molar-refractivity contribution in [3.63, 3.8) is 0 Å². The van der Waals surface area contributed by atoms with Crippen LogP contribution in [0.3, 0.4) is 0 Å². The number of phenolic OH excluding ortho intramolecular Hbond substituents is 1. The molecule has 3 aromatic rings. The third-order valence-corrected chi connectivity index (χ3v) is 3.38. The van der Waals surface area contributed by atoms with Gasteiger partial charge in [0.05, 0.1) is 17.6 Å². The van der Waals surface area contributed by atoms with E-state index in [0.29, 0.717) is 22.1 Å². The Morgan fingerprint density at radius 3 is 2.78 bits per heavy atom. The Morgan fingerprint density at radius 2 is 2.09 bits per heavy atom. The predicted molar refractivity (Wildman–Crippen MR) is 87.8 cm³/mol. The molecule has 0 aliphatic rings. The number of halogens is 1. The van der Waals surface area contributed by atoms with Gasteiger partial charge in [-0.3, -0.25) is 4.79 Å². The van der Waals surface area contributed by atoms with Gasteiger partial charge in [0, 0.05) is 23.7 Å². The van der Waals surface area contributed by atoms with Gasteiger partial charge in [0.2, 0.25) is 5.91 Å². The van der Waals surface area contributed by atoms with Crippen LogP contribution in [-0.2, 0) is 4.79 Å². The highest BCUT2D eigenvalue weighted by Crippen LogP contribution is 2.30. The normalized spacial score (nSPS) is 10.5. The summed E-state index contributed by atoms with van der Waals surface area (Å²) in [5.74, 6) is 0.406. The molecule has 1 amide bonds. The van der Waals surface area contributed by atoms with Crippen LogP contribution in [0.4, 0.5) is 5.82 Å². The van der Waals surface area contributed by atoms with E-state index in [0.717, 1.165) is 5.69 Å². The molecular formula is C16H13ClN4O2. The lowest BCUT2D eigenvalue weighted by atomic mass is 10.1. The van der Waals surface area contributed by atoms with E-state index >= 15 is 0 Å². The molecule has 0 aliphatic heterocycles. The zero-order chi connectivity index (χ0) is 16.4. The van der Waals surface area contributed by atoms with Crippen molar-refractivity contribution < 1.29 is 9.90 Å². The first-order valence-electron chi connectivity index (χ1n) is 6.81. The van der Waals surface area contributed by atoms with Crippen LogP contribution in [0.1, 0.15) is 6.92 Å². The Labute approximate surface area is 137 Å². The number of hydrogen-bond acceptors (Lipinski definition) is 4. The molecular weight excluding hydrogens is 316 g/mol. The van der Waals surface area contributed by atoms with E-state index < -0.39 is 0 Å². The number of hydrogen-bond donors (Lipinski definition) is 2. The maximum atomic E-state index is 11.0. The van der Waals surface area contributed by atoms with Gasteiger partial charge < -0.3 is 10.4 Å². The smallest absolute Gasteiger partial charge is 0.222 e. The molecule has 2 heterocycles. The fourth-order valence-corrected chi connectivity index (χ4v) is 2.27. The van der Waals surface area contributed by atoms with Gasteiger partial charge in [-0.1, -0.05) is 11.6 Å². The van der Waals surface area contributed by atoms with Gasteiger partial charge in [-0.15, -0.1) is 0 Å². The van der Waals surface area contributed by atoms with Crippen molar-refractivity contribution in [3.8, 4) is 22.7 Å². The standard InChI is InChI=1S/C16H13ClN4O2/c1-10(22)19-16-5-3-12(9-18-16)21-7-6-14(20-21)13-8-11(17)2-4-15(13)23/h2-9,23H,1H3,(H,18,19,22). The summed E-state index contributed by atoms with van der Waals surface area (Å²) in [5.41, 5.74) is 1.88. The number of pyridine rings is 1. The van der Waals surface area contributed by atoms with Gasteiger partial charge in [0.25, 0.3) is 0 Å². The lowest BCUT2D eigenvalue weighted by Gasteiger charge is -2.04. The Balaban J connectivity index is 1.89. The molecule has 0 atom stereocenters. The minimum Gasteiger partial charge on any atom is -0.507 e. The third kappa shape index (κ3) is 3.32. The van der Waals surface area contributed by atoms with E-state index in [2.05, 4.69) is 15.4 Å².